The van der Waals surface area contributed by atoms with Crippen molar-refractivity contribution < 1.29 is 36.4 Å². The molecule has 1 aliphatic carbocycles. The predicted octanol–water partition coefficient (Wildman–Crippen LogP) is 4.71. The number of aryl methyl sites for hydroxylation is 1. The Balaban J connectivity index is 1.76. The lowest BCUT2D eigenvalue weighted by Gasteiger charge is -2.17. The lowest BCUT2D eigenvalue weighted by molar-refractivity contribution is -0.142. The van der Waals surface area contributed by atoms with Gasteiger partial charge in [0.1, 0.15) is 5.56 Å². The number of nitrogens with zero attached hydrogens (tertiary/aromatic N) is 3. The van der Waals surface area contributed by atoms with Crippen molar-refractivity contribution in [3.8, 4) is 11.8 Å². The number of rotatable bonds is 6. The first-order valence-corrected chi connectivity index (χ1v) is 12.7. The fourth-order valence-electron chi connectivity index (χ4n) is 3.60. The first-order chi connectivity index (χ1) is 17.1. The summed E-state index contributed by atoms with van der Waals surface area (Å²) < 4.78 is 80.4. The van der Waals surface area contributed by atoms with E-state index in [1.807, 2.05) is 0 Å². The summed E-state index contributed by atoms with van der Waals surface area (Å²) in [6.45, 7) is 2.49. The van der Waals surface area contributed by atoms with Crippen LogP contribution in [0.4, 0.5) is 23.2 Å². The van der Waals surface area contributed by atoms with Gasteiger partial charge in [-0.25, -0.2) is 8.99 Å². The van der Waals surface area contributed by atoms with Gasteiger partial charge >= 0.3 is 6.18 Å². The lowest BCUT2D eigenvalue weighted by atomic mass is 10.1. The number of carbonyl (C=O) groups is 1. The molecule has 2 heterocycles. The van der Waals surface area contributed by atoms with E-state index in [0.29, 0.717) is 12.8 Å². The van der Waals surface area contributed by atoms with E-state index in [4.69, 9.17) is 9.52 Å². The van der Waals surface area contributed by atoms with Crippen LogP contribution in [-0.2, 0) is 21.5 Å². The molecule has 1 atom stereocenters. The second-order valence-electron chi connectivity index (χ2n) is 8.76. The van der Waals surface area contributed by atoms with E-state index in [1.165, 1.54) is 43.5 Å². The number of anilines is 1. The van der Waals surface area contributed by atoms with Crippen LogP contribution >= 0.6 is 0 Å². The Kier molecular flexibility index (Phi) is 6.44. The van der Waals surface area contributed by atoms with Crippen LogP contribution in [0.25, 0.3) is 0 Å². The Bertz CT molecular complexity index is 1520. The highest BCUT2D eigenvalue weighted by Gasteiger charge is 2.45. The third kappa shape index (κ3) is 5.39. The molecule has 0 aliphatic heterocycles. The van der Waals surface area contributed by atoms with Crippen molar-refractivity contribution in [3.05, 3.63) is 64.2 Å². The first-order valence-electron chi connectivity index (χ1n) is 10.8. The van der Waals surface area contributed by atoms with Crippen LogP contribution in [0, 0.1) is 24.6 Å². The topological polar surface area (TPSA) is 138 Å². The lowest BCUT2D eigenvalue weighted by Crippen LogP contribution is -2.21. The molecule has 196 valence electrons. The van der Waals surface area contributed by atoms with Crippen LogP contribution in [0.2, 0.25) is 0 Å². The van der Waals surface area contributed by atoms with Crippen LogP contribution < -0.4 is 10.1 Å². The third-order valence-corrected chi connectivity index (χ3v) is 6.91. The van der Waals surface area contributed by atoms with Gasteiger partial charge in [-0.15, -0.1) is 10.2 Å². The molecule has 3 N–H and O–H groups in total. The summed E-state index contributed by atoms with van der Waals surface area (Å²) in [7, 11) is -3.14. The number of carbonyl (C=O) groups excluding carboxylic acids is 1. The van der Waals surface area contributed by atoms with Gasteiger partial charge in [-0.05, 0) is 56.5 Å². The molecular formula is C23H21F4N5O4S. The van der Waals surface area contributed by atoms with Crippen molar-refractivity contribution in [1.29, 1.82) is 4.78 Å². The molecule has 37 heavy (non-hydrogen) atoms. The van der Waals surface area contributed by atoms with E-state index in [0.717, 1.165) is 6.92 Å². The fourth-order valence-corrected chi connectivity index (χ4v) is 4.29. The Morgan fingerprint density at radius 1 is 1.19 bits per heavy atom. The molecule has 4 rings (SSSR count). The van der Waals surface area contributed by atoms with Crippen molar-refractivity contribution in [3.63, 3.8) is 0 Å². The zero-order valence-electron chi connectivity index (χ0n) is 19.7. The van der Waals surface area contributed by atoms with Crippen molar-refractivity contribution in [2.75, 3.05) is 11.6 Å². The van der Waals surface area contributed by atoms with Crippen LogP contribution in [0.5, 0.6) is 11.8 Å². The number of amides is 1. The first kappa shape index (κ1) is 26.4. The summed E-state index contributed by atoms with van der Waals surface area (Å²) in [4.78, 5) is 16.9. The number of hydrogen-bond acceptors (Lipinski definition) is 8. The van der Waals surface area contributed by atoms with Gasteiger partial charge < -0.3 is 15.2 Å². The zero-order chi connectivity index (χ0) is 27.3. The van der Waals surface area contributed by atoms with E-state index in [-0.39, 0.29) is 27.6 Å². The molecule has 1 aliphatic rings. The Labute approximate surface area is 208 Å². The molecule has 1 saturated carbocycles. The van der Waals surface area contributed by atoms with Crippen LogP contribution in [0.1, 0.15) is 45.6 Å². The molecular weight excluding hydrogens is 518 g/mol. The summed E-state index contributed by atoms with van der Waals surface area (Å²) in [5, 5.41) is 19.2. The summed E-state index contributed by atoms with van der Waals surface area (Å²) in [5.74, 6) is -3.14. The number of benzene rings is 1. The van der Waals surface area contributed by atoms with Crippen LogP contribution in [0.3, 0.4) is 0 Å². The molecule has 0 radical (unpaired) electrons. The van der Waals surface area contributed by atoms with E-state index in [2.05, 4.69) is 20.5 Å². The molecule has 0 saturated heterocycles. The van der Waals surface area contributed by atoms with Gasteiger partial charge in [0.05, 0.1) is 15.3 Å². The van der Waals surface area contributed by atoms with Crippen LogP contribution in [-0.4, -0.2) is 36.7 Å². The Morgan fingerprint density at radius 3 is 2.46 bits per heavy atom. The highest BCUT2D eigenvalue weighted by atomic mass is 32.2. The molecule has 2 aromatic heterocycles. The maximum atomic E-state index is 14.6. The highest BCUT2D eigenvalue weighted by molar-refractivity contribution is 7.91. The van der Waals surface area contributed by atoms with Crippen molar-refractivity contribution in [2.45, 2.75) is 43.4 Å². The largest absolute Gasteiger partial charge is 0.435 e. The van der Waals surface area contributed by atoms with Gasteiger partial charge in [-0.2, -0.15) is 22.5 Å². The average molecular weight is 540 g/mol. The summed E-state index contributed by atoms with van der Waals surface area (Å²) >= 11 is 0. The van der Waals surface area contributed by atoms with E-state index < -0.39 is 56.1 Å². The number of hydrogen-bond donors (Lipinski definition) is 3. The number of ether oxygens (including phenoxy) is 1. The third-order valence-electron chi connectivity index (χ3n) is 5.76. The minimum Gasteiger partial charge on any atom is -0.418 e. The maximum Gasteiger partial charge on any atom is 0.435 e. The van der Waals surface area contributed by atoms with Gasteiger partial charge in [-0.1, -0.05) is 6.07 Å². The molecule has 1 amide bonds. The van der Waals surface area contributed by atoms with E-state index in [9.17, 15) is 31.7 Å². The zero-order valence-corrected chi connectivity index (χ0v) is 20.6. The minimum absolute atomic E-state index is 0.0354. The minimum atomic E-state index is -4.94. The SMILES string of the molecule is Cc1cc(C2(O)CC2)c(F)nc1Oc1nnc(C(F)(F)F)c(C)c1C(=O)Nc1cccc(S(C)(=N)=O)c1. The molecule has 3 aromatic rings. The standard InChI is InChI=1S/C23H21F4N5O4S/c1-11-9-15(22(34)7-8-22)18(24)30-20(11)36-21-16(12(2)17(31-32-21)23(25,26)27)19(33)29-13-5-4-6-14(10-13)37(3,28)35/h4-6,9-10,28,34H,7-8H2,1-3H3,(H,29,33). The number of aliphatic hydroxyl groups is 1. The van der Waals surface area contributed by atoms with E-state index >= 15 is 0 Å². The smallest absolute Gasteiger partial charge is 0.418 e. The van der Waals surface area contributed by atoms with Gasteiger partial charge in [-0.3, -0.25) is 4.79 Å². The van der Waals surface area contributed by atoms with Gasteiger partial charge in [0.2, 0.25) is 11.8 Å². The molecule has 9 nitrogen and oxygen atoms in total. The van der Waals surface area contributed by atoms with Crippen LogP contribution in [0.15, 0.2) is 35.2 Å². The summed E-state index contributed by atoms with van der Waals surface area (Å²) in [6, 6.07) is 6.79. The number of nitrogens with one attached hydrogen (secondary N) is 2. The summed E-state index contributed by atoms with van der Waals surface area (Å²) in [5.41, 5.74) is -3.73. The number of aromatic nitrogens is 3. The Morgan fingerprint density at radius 2 is 1.86 bits per heavy atom. The van der Waals surface area contributed by atoms with E-state index in [1.54, 1.807) is 0 Å². The predicted molar refractivity (Wildman–Crippen MR) is 123 cm³/mol. The second kappa shape index (κ2) is 9.03. The molecule has 1 fully saturated rings. The fraction of sp³-hybridized carbons (Fsp3) is 0.304. The molecule has 1 unspecified atom stereocenters. The monoisotopic (exact) mass is 539 g/mol. The van der Waals surface area contributed by atoms with Crippen molar-refractivity contribution in [1.82, 2.24) is 15.2 Å². The quantitative estimate of drug-likeness (QED) is 0.305. The Hall–Kier alpha value is -3.65. The number of pyridine rings is 1. The van der Waals surface area contributed by atoms with Crippen molar-refractivity contribution in [2.24, 2.45) is 0 Å². The second-order valence-corrected chi connectivity index (χ2v) is 10.9. The van der Waals surface area contributed by atoms with Crippen molar-refractivity contribution >= 4 is 21.3 Å². The highest BCUT2D eigenvalue weighted by Crippen LogP contribution is 2.47. The number of halogens is 4. The molecule has 1 aromatic carbocycles. The van der Waals surface area contributed by atoms with Gasteiger partial charge in [0, 0.05) is 28.0 Å². The van der Waals surface area contributed by atoms with Gasteiger partial charge in [0.15, 0.2) is 5.69 Å². The molecule has 14 heteroatoms. The summed E-state index contributed by atoms with van der Waals surface area (Å²) in [6.07, 6.45) is -3.06. The molecule has 0 bridgehead atoms. The maximum absolute atomic E-state index is 14.6. The normalized spacial score (nSPS) is 16.1. The molecule has 0 spiro atoms. The van der Waals surface area contributed by atoms with Gasteiger partial charge in [0.25, 0.3) is 11.8 Å². The number of alkyl halides is 3. The average Bonchev–Trinajstić information content (AvgIpc) is 3.53.